The number of ether oxygens (including phenoxy) is 1. The molecule has 1 aromatic rings. The van der Waals surface area contributed by atoms with Crippen LogP contribution in [0.25, 0.3) is 0 Å². The van der Waals surface area contributed by atoms with E-state index in [9.17, 15) is 10.5 Å². The summed E-state index contributed by atoms with van der Waals surface area (Å²) in [4.78, 5) is 4.89. The Morgan fingerprint density at radius 3 is 2.06 bits per heavy atom. The first-order valence-electron chi connectivity index (χ1n) is 12.7. The van der Waals surface area contributed by atoms with Crippen molar-refractivity contribution in [3.63, 3.8) is 0 Å². The van der Waals surface area contributed by atoms with Crippen molar-refractivity contribution in [3.8, 4) is 17.9 Å². The van der Waals surface area contributed by atoms with Crippen LogP contribution < -0.4 is 10.5 Å². The van der Waals surface area contributed by atoms with Gasteiger partial charge >= 0.3 is 0 Å². The highest BCUT2D eigenvalue weighted by Gasteiger charge is 2.91. The highest BCUT2D eigenvalue weighted by Crippen LogP contribution is 2.85. The standard InChI is InChI=1S/C27H38N4OS2/c1-4-7-10-11-16-32-22-14-12-21(13-15-22)23-25(19-28)24(30)31-27(26(23,25)20-29,33-17-8-5-2)34-18-9-6-3/h12-15,23H,4-11,16-18H2,1-3H3,(H2,30,31). The summed E-state index contributed by atoms with van der Waals surface area (Å²) in [6, 6.07) is 13.0. The van der Waals surface area contributed by atoms with Crippen molar-refractivity contribution in [2.45, 2.75) is 82.3 Å². The van der Waals surface area contributed by atoms with E-state index < -0.39 is 15.0 Å². The van der Waals surface area contributed by atoms with Gasteiger partial charge in [0.1, 0.15) is 22.4 Å². The number of hydrogen-bond acceptors (Lipinski definition) is 7. The maximum absolute atomic E-state index is 10.6. The van der Waals surface area contributed by atoms with Crippen LogP contribution in [0.1, 0.15) is 83.6 Å². The number of rotatable bonds is 15. The Kier molecular flexibility index (Phi) is 9.24. The zero-order chi connectivity index (χ0) is 24.7. The molecule has 0 radical (unpaired) electrons. The largest absolute Gasteiger partial charge is 0.494 e. The minimum absolute atomic E-state index is 0.283. The van der Waals surface area contributed by atoms with Crippen LogP contribution >= 0.6 is 23.5 Å². The number of amidine groups is 1. The number of hydrogen-bond donors (Lipinski definition) is 1. The highest BCUT2D eigenvalue weighted by molar-refractivity contribution is 8.18. The van der Waals surface area contributed by atoms with E-state index in [4.69, 9.17) is 15.5 Å². The quantitative estimate of drug-likeness (QED) is 0.210. The molecule has 1 aliphatic carbocycles. The van der Waals surface area contributed by atoms with Crippen molar-refractivity contribution in [1.29, 1.82) is 10.5 Å². The molecule has 2 N–H and O–H groups in total. The molecule has 184 valence electrons. The Morgan fingerprint density at radius 1 is 0.912 bits per heavy atom. The Hall–Kier alpha value is -1.83. The normalized spacial score (nSPS) is 26.3. The van der Waals surface area contributed by atoms with Gasteiger partial charge in [0, 0.05) is 5.92 Å². The SMILES string of the molecule is CCCCCCOc1ccc(C2C3(C#N)C(N)=NC(SCCCC)(SCCCC)C23C#N)cc1. The lowest BCUT2D eigenvalue weighted by atomic mass is 9.97. The smallest absolute Gasteiger partial charge is 0.175 e. The van der Waals surface area contributed by atoms with Crippen molar-refractivity contribution >= 4 is 29.4 Å². The first kappa shape index (κ1) is 26.8. The average molecular weight is 499 g/mol. The second kappa shape index (κ2) is 11.7. The Balaban J connectivity index is 1.88. The number of aliphatic imine (C=N–C) groups is 1. The number of benzene rings is 1. The molecule has 1 fully saturated rings. The summed E-state index contributed by atoms with van der Waals surface area (Å²) in [5, 5.41) is 21.0. The molecule has 0 amide bonds. The van der Waals surface area contributed by atoms with Crippen molar-refractivity contribution in [2.75, 3.05) is 18.1 Å². The van der Waals surface area contributed by atoms with Crippen LogP contribution in [-0.2, 0) is 0 Å². The van der Waals surface area contributed by atoms with E-state index >= 15 is 0 Å². The summed E-state index contributed by atoms with van der Waals surface area (Å²) in [6.45, 7) is 7.23. The monoisotopic (exact) mass is 498 g/mol. The predicted octanol–water partition coefficient (Wildman–Crippen LogP) is 6.85. The van der Waals surface area contributed by atoms with Crippen LogP contribution in [0.2, 0.25) is 0 Å². The average Bonchev–Trinajstić information content (AvgIpc) is 3.43. The molecule has 1 heterocycles. The number of nitrogens with zero attached hydrogens (tertiary/aromatic N) is 3. The number of nitriles is 2. The second-order valence-electron chi connectivity index (χ2n) is 9.23. The summed E-state index contributed by atoms with van der Waals surface area (Å²) < 4.78 is 5.17. The van der Waals surface area contributed by atoms with Gasteiger partial charge in [-0.1, -0.05) is 65.0 Å². The summed E-state index contributed by atoms with van der Waals surface area (Å²) in [5.74, 6) is 2.66. The van der Waals surface area contributed by atoms with Gasteiger partial charge in [0.25, 0.3) is 0 Å². The van der Waals surface area contributed by atoms with Gasteiger partial charge < -0.3 is 10.5 Å². The summed E-state index contributed by atoms with van der Waals surface area (Å²) >= 11 is 3.43. The third kappa shape index (κ3) is 4.42. The van der Waals surface area contributed by atoms with E-state index in [1.165, 1.54) is 19.3 Å². The molecule has 2 aliphatic rings. The molecule has 0 bridgehead atoms. The van der Waals surface area contributed by atoms with E-state index in [1.807, 2.05) is 24.3 Å². The zero-order valence-corrected chi connectivity index (χ0v) is 22.4. The van der Waals surface area contributed by atoms with Crippen molar-refractivity contribution in [1.82, 2.24) is 0 Å². The van der Waals surface area contributed by atoms with E-state index in [1.54, 1.807) is 23.5 Å². The van der Waals surface area contributed by atoms with Gasteiger partial charge in [-0.05, 0) is 48.5 Å². The van der Waals surface area contributed by atoms with Crippen LogP contribution in [0.4, 0.5) is 0 Å². The van der Waals surface area contributed by atoms with Gasteiger partial charge in [0.15, 0.2) is 4.20 Å². The molecule has 5 nitrogen and oxygen atoms in total. The Labute approximate surface area is 213 Å². The van der Waals surface area contributed by atoms with Crippen molar-refractivity contribution in [3.05, 3.63) is 29.8 Å². The molecule has 1 aromatic carbocycles. The lowest BCUT2D eigenvalue weighted by Crippen LogP contribution is -2.32. The zero-order valence-electron chi connectivity index (χ0n) is 20.8. The van der Waals surface area contributed by atoms with Gasteiger partial charge in [-0.15, -0.1) is 23.5 Å². The Morgan fingerprint density at radius 2 is 1.53 bits per heavy atom. The van der Waals surface area contributed by atoms with E-state index in [0.717, 1.165) is 54.9 Å². The van der Waals surface area contributed by atoms with E-state index in [0.29, 0.717) is 12.4 Å². The first-order valence-corrected chi connectivity index (χ1v) is 14.7. The van der Waals surface area contributed by atoms with Gasteiger partial charge in [0.2, 0.25) is 0 Å². The minimum Gasteiger partial charge on any atom is -0.494 e. The molecular weight excluding hydrogens is 460 g/mol. The number of thioether (sulfide) groups is 2. The van der Waals surface area contributed by atoms with Crippen molar-refractivity contribution in [2.24, 2.45) is 21.6 Å². The lowest BCUT2D eigenvalue weighted by molar-refractivity contribution is 0.305. The maximum Gasteiger partial charge on any atom is 0.175 e. The molecule has 0 saturated heterocycles. The van der Waals surface area contributed by atoms with Gasteiger partial charge in [0.05, 0.1) is 18.7 Å². The molecule has 7 heteroatoms. The third-order valence-electron chi connectivity index (χ3n) is 7.00. The van der Waals surface area contributed by atoms with Crippen LogP contribution in [0.15, 0.2) is 29.3 Å². The third-order valence-corrected chi connectivity index (χ3v) is 10.3. The fraction of sp³-hybridized carbons (Fsp3) is 0.667. The number of nitrogens with two attached hydrogens (primary N) is 1. The molecule has 0 spiro atoms. The molecule has 0 aromatic heterocycles. The van der Waals surface area contributed by atoms with Gasteiger partial charge in [-0.2, -0.15) is 10.5 Å². The second-order valence-corrected chi connectivity index (χ2v) is 12.1. The van der Waals surface area contributed by atoms with Crippen LogP contribution in [0, 0.1) is 33.5 Å². The molecule has 34 heavy (non-hydrogen) atoms. The maximum atomic E-state index is 10.6. The number of unbranched alkanes of at least 4 members (excludes halogenated alkanes) is 5. The lowest BCUT2D eigenvalue weighted by Gasteiger charge is -2.32. The molecule has 3 rings (SSSR count). The molecular formula is C27H38N4OS2. The number of fused-ring (bicyclic) bond motifs is 1. The van der Waals surface area contributed by atoms with E-state index in [-0.39, 0.29) is 5.92 Å². The summed E-state index contributed by atoms with van der Waals surface area (Å²) in [5.41, 5.74) is 5.44. The predicted molar refractivity (Wildman–Crippen MR) is 144 cm³/mol. The first-order chi connectivity index (χ1) is 16.5. The van der Waals surface area contributed by atoms with Gasteiger partial charge in [-0.3, -0.25) is 0 Å². The fourth-order valence-corrected chi connectivity index (χ4v) is 8.73. The van der Waals surface area contributed by atoms with Crippen LogP contribution in [0.3, 0.4) is 0 Å². The van der Waals surface area contributed by atoms with Gasteiger partial charge in [-0.25, -0.2) is 4.99 Å². The van der Waals surface area contributed by atoms with E-state index in [2.05, 4.69) is 32.9 Å². The Bertz CT molecular complexity index is 925. The molecule has 3 unspecified atom stereocenters. The van der Waals surface area contributed by atoms with Crippen molar-refractivity contribution < 1.29 is 4.74 Å². The van der Waals surface area contributed by atoms with Crippen LogP contribution in [-0.4, -0.2) is 28.2 Å². The highest BCUT2D eigenvalue weighted by atomic mass is 32.2. The minimum atomic E-state index is -1.07. The summed E-state index contributed by atoms with van der Waals surface area (Å²) in [6.07, 6.45) is 8.91. The fourth-order valence-electron chi connectivity index (χ4n) is 5.04. The topological polar surface area (TPSA) is 95.2 Å². The molecule has 1 aliphatic heterocycles. The summed E-state index contributed by atoms with van der Waals surface area (Å²) in [7, 11) is 0. The molecule has 1 saturated carbocycles. The van der Waals surface area contributed by atoms with Crippen LogP contribution in [0.5, 0.6) is 5.75 Å². The molecule has 3 atom stereocenters.